The zero-order chi connectivity index (χ0) is 17.6. The molecule has 1 spiro atoms. The van der Waals surface area contributed by atoms with E-state index in [0.29, 0.717) is 12.0 Å². The molecule has 1 aliphatic heterocycles. The smallest absolute Gasteiger partial charge is 0.317 e. The molecule has 2 rings (SSSR count). The molecule has 2 fully saturated rings. The van der Waals surface area contributed by atoms with E-state index in [1.165, 1.54) is 49.8 Å². The second-order valence-electron chi connectivity index (χ2n) is 7.75. The predicted octanol–water partition coefficient (Wildman–Crippen LogP) is 2.39. The first kappa shape index (κ1) is 19.0. The van der Waals surface area contributed by atoms with Crippen molar-refractivity contribution in [3.8, 4) is 0 Å². The Morgan fingerprint density at radius 1 is 1.17 bits per heavy atom. The van der Waals surface area contributed by atoms with Gasteiger partial charge < -0.3 is 20.2 Å². The third kappa shape index (κ3) is 5.36. The number of nitrogens with zero attached hydrogens (tertiary/aromatic N) is 2. The van der Waals surface area contributed by atoms with Crippen LogP contribution in [0, 0.1) is 11.3 Å². The van der Waals surface area contributed by atoms with Crippen LogP contribution in [0.1, 0.15) is 51.9 Å². The lowest BCUT2D eigenvalue weighted by Gasteiger charge is -2.44. The highest BCUT2D eigenvalue weighted by Crippen LogP contribution is 2.44. The van der Waals surface area contributed by atoms with Crippen LogP contribution in [0.2, 0.25) is 0 Å². The molecule has 2 N–H and O–H groups in total. The van der Waals surface area contributed by atoms with Gasteiger partial charge in [0.2, 0.25) is 0 Å². The van der Waals surface area contributed by atoms with Gasteiger partial charge in [-0.2, -0.15) is 0 Å². The number of nitrogens with one attached hydrogen (secondary N) is 1. The maximum absolute atomic E-state index is 12.0. The molecule has 1 heterocycles. The lowest BCUT2D eigenvalue weighted by atomic mass is 9.68. The zero-order valence-corrected chi connectivity index (χ0v) is 15.2. The van der Waals surface area contributed by atoms with Crippen molar-refractivity contribution >= 4 is 12.0 Å². The first-order valence-electron chi connectivity index (χ1n) is 9.36. The standard InChI is InChI=1S/C18H33N3O3/c1-15(16(22)23)14-20(2)17(24)19-10-13-21-11-8-18(9-12-21)6-4-3-5-7-18/h15H,3-14H2,1-2H3,(H,19,24)(H,22,23). The van der Waals surface area contributed by atoms with Gasteiger partial charge in [-0.1, -0.05) is 26.2 Å². The number of urea groups is 1. The number of amides is 2. The van der Waals surface area contributed by atoms with E-state index in [9.17, 15) is 9.59 Å². The highest BCUT2D eigenvalue weighted by atomic mass is 16.4. The van der Waals surface area contributed by atoms with Crippen LogP contribution in [0.15, 0.2) is 0 Å². The summed E-state index contributed by atoms with van der Waals surface area (Å²) in [4.78, 5) is 26.7. The van der Waals surface area contributed by atoms with Crippen molar-refractivity contribution in [3.05, 3.63) is 0 Å². The fraction of sp³-hybridized carbons (Fsp3) is 0.889. The van der Waals surface area contributed by atoms with Crippen molar-refractivity contribution in [1.82, 2.24) is 15.1 Å². The molecule has 138 valence electrons. The second kappa shape index (κ2) is 8.70. The van der Waals surface area contributed by atoms with E-state index in [4.69, 9.17) is 5.11 Å². The number of hydrogen-bond acceptors (Lipinski definition) is 3. The second-order valence-corrected chi connectivity index (χ2v) is 7.75. The molecule has 2 amide bonds. The Hall–Kier alpha value is -1.30. The van der Waals surface area contributed by atoms with E-state index in [1.54, 1.807) is 14.0 Å². The number of aliphatic carboxylic acids is 1. The molecule has 0 aromatic heterocycles. The molecule has 6 heteroatoms. The minimum atomic E-state index is -0.875. The Bertz CT molecular complexity index is 425. The lowest BCUT2D eigenvalue weighted by molar-refractivity contribution is -0.141. The average molecular weight is 339 g/mol. The van der Waals surface area contributed by atoms with E-state index in [1.807, 2.05) is 0 Å². The number of carbonyl (C=O) groups is 2. The molecule has 0 radical (unpaired) electrons. The minimum Gasteiger partial charge on any atom is -0.481 e. The van der Waals surface area contributed by atoms with Crippen molar-refractivity contribution < 1.29 is 14.7 Å². The largest absolute Gasteiger partial charge is 0.481 e. The number of carbonyl (C=O) groups excluding carboxylic acids is 1. The predicted molar refractivity (Wildman–Crippen MR) is 94.0 cm³/mol. The van der Waals surface area contributed by atoms with E-state index in [0.717, 1.165) is 19.6 Å². The van der Waals surface area contributed by atoms with Crippen LogP contribution in [0.4, 0.5) is 4.79 Å². The molecular weight excluding hydrogens is 306 g/mol. The molecule has 6 nitrogen and oxygen atoms in total. The van der Waals surface area contributed by atoms with Gasteiger partial charge in [0, 0.05) is 26.7 Å². The van der Waals surface area contributed by atoms with Gasteiger partial charge in [-0.15, -0.1) is 0 Å². The van der Waals surface area contributed by atoms with Crippen molar-refractivity contribution in [3.63, 3.8) is 0 Å². The third-order valence-corrected chi connectivity index (χ3v) is 5.85. The third-order valence-electron chi connectivity index (χ3n) is 5.85. The first-order chi connectivity index (χ1) is 11.4. The fourth-order valence-electron chi connectivity index (χ4n) is 4.08. The van der Waals surface area contributed by atoms with Crippen LogP contribution in [0.3, 0.4) is 0 Å². The average Bonchev–Trinajstić information content (AvgIpc) is 2.57. The molecule has 1 unspecified atom stereocenters. The lowest BCUT2D eigenvalue weighted by Crippen LogP contribution is -2.46. The van der Waals surface area contributed by atoms with Crippen LogP contribution >= 0.6 is 0 Å². The van der Waals surface area contributed by atoms with Crippen molar-refractivity contribution in [2.45, 2.75) is 51.9 Å². The van der Waals surface area contributed by atoms with E-state index < -0.39 is 11.9 Å². The number of likely N-dealkylation sites (tertiary alicyclic amines) is 1. The van der Waals surface area contributed by atoms with E-state index >= 15 is 0 Å². The number of rotatable bonds is 6. The summed E-state index contributed by atoms with van der Waals surface area (Å²) in [6.07, 6.45) is 9.63. The Morgan fingerprint density at radius 2 is 1.79 bits per heavy atom. The highest BCUT2D eigenvalue weighted by Gasteiger charge is 2.35. The molecule has 0 aromatic carbocycles. The first-order valence-corrected chi connectivity index (χ1v) is 9.36. The molecule has 1 saturated carbocycles. The van der Waals surface area contributed by atoms with Crippen LogP contribution in [0.5, 0.6) is 0 Å². The van der Waals surface area contributed by atoms with Crippen molar-refractivity contribution in [2.75, 3.05) is 39.8 Å². The van der Waals surface area contributed by atoms with E-state index in [2.05, 4.69) is 10.2 Å². The normalized spacial score (nSPS) is 22.1. The summed E-state index contributed by atoms with van der Waals surface area (Å²) < 4.78 is 0. The highest BCUT2D eigenvalue weighted by molar-refractivity contribution is 5.75. The molecule has 1 aliphatic carbocycles. The van der Waals surface area contributed by atoms with Crippen LogP contribution in [-0.4, -0.2) is 66.7 Å². The van der Waals surface area contributed by atoms with Gasteiger partial charge in [0.05, 0.1) is 5.92 Å². The number of carboxylic acid groups (broad SMARTS) is 1. The Labute approximate surface area is 145 Å². The number of hydrogen-bond donors (Lipinski definition) is 2. The summed E-state index contributed by atoms with van der Waals surface area (Å²) in [5.41, 5.74) is 0.616. The van der Waals surface area contributed by atoms with Gasteiger partial charge in [0.25, 0.3) is 0 Å². The molecule has 2 aliphatic rings. The van der Waals surface area contributed by atoms with Gasteiger partial charge in [-0.05, 0) is 44.2 Å². The minimum absolute atomic E-state index is 0.191. The summed E-state index contributed by atoms with van der Waals surface area (Å²) in [5, 5.41) is 11.8. The Kier molecular flexibility index (Phi) is 6.90. The summed E-state index contributed by atoms with van der Waals surface area (Å²) in [6, 6.07) is -0.191. The Morgan fingerprint density at radius 3 is 2.38 bits per heavy atom. The molecule has 0 aromatic rings. The topological polar surface area (TPSA) is 72.9 Å². The summed E-state index contributed by atoms with van der Waals surface area (Å²) in [5.74, 6) is -1.42. The fourth-order valence-corrected chi connectivity index (χ4v) is 4.08. The van der Waals surface area contributed by atoms with Crippen LogP contribution in [-0.2, 0) is 4.79 Å². The summed E-state index contributed by atoms with van der Waals surface area (Å²) in [6.45, 7) is 5.62. The quantitative estimate of drug-likeness (QED) is 0.779. The van der Waals surface area contributed by atoms with E-state index in [-0.39, 0.29) is 12.6 Å². The SMILES string of the molecule is CC(CN(C)C(=O)NCCN1CCC2(CCCCC2)CC1)C(=O)O. The monoisotopic (exact) mass is 339 g/mol. The molecule has 0 bridgehead atoms. The molecule has 1 atom stereocenters. The number of carboxylic acids is 1. The summed E-state index contributed by atoms with van der Waals surface area (Å²) >= 11 is 0. The van der Waals surface area contributed by atoms with Crippen LogP contribution < -0.4 is 5.32 Å². The zero-order valence-electron chi connectivity index (χ0n) is 15.2. The van der Waals surface area contributed by atoms with Gasteiger partial charge in [-0.25, -0.2) is 4.79 Å². The van der Waals surface area contributed by atoms with Gasteiger partial charge in [0.1, 0.15) is 0 Å². The van der Waals surface area contributed by atoms with Gasteiger partial charge in [0.15, 0.2) is 0 Å². The maximum atomic E-state index is 12.0. The molecule has 24 heavy (non-hydrogen) atoms. The van der Waals surface area contributed by atoms with Crippen molar-refractivity contribution in [1.29, 1.82) is 0 Å². The van der Waals surface area contributed by atoms with Crippen LogP contribution in [0.25, 0.3) is 0 Å². The Balaban J connectivity index is 1.62. The molecule has 1 saturated heterocycles. The number of piperidine rings is 1. The summed E-state index contributed by atoms with van der Waals surface area (Å²) in [7, 11) is 1.64. The maximum Gasteiger partial charge on any atom is 0.317 e. The van der Waals surface area contributed by atoms with Gasteiger partial charge >= 0.3 is 12.0 Å². The van der Waals surface area contributed by atoms with Crippen molar-refractivity contribution in [2.24, 2.45) is 11.3 Å². The van der Waals surface area contributed by atoms with Gasteiger partial charge in [-0.3, -0.25) is 4.79 Å². The molecular formula is C18H33N3O3.